The van der Waals surface area contributed by atoms with Gasteiger partial charge in [-0.15, -0.1) is 0 Å². The Morgan fingerprint density at radius 1 is 1.06 bits per heavy atom. The molecule has 31 heavy (non-hydrogen) atoms. The normalized spacial score (nSPS) is 14.6. The molecule has 0 bridgehead atoms. The Balaban J connectivity index is 1.71. The quantitative estimate of drug-likeness (QED) is 0.701. The number of amides is 1. The lowest BCUT2D eigenvalue weighted by Crippen LogP contribution is -2.47. The van der Waals surface area contributed by atoms with Crippen molar-refractivity contribution in [3.05, 3.63) is 65.9 Å². The Bertz CT molecular complexity index is 1090. The second-order valence-corrected chi connectivity index (χ2v) is 7.80. The first-order valence-corrected chi connectivity index (χ1v) is 10.5. The van der Waals surface area contributed by atoms with E-state index < -0.39 is 5.82 Å². The number of likely N-dealkylation sites (N-methyl/N-ethyl adjacent to an activating group) is 1. The minimum atomic E-state index is -0.516. The molecule has 2 aromatic heterocycles. The lowest BCUT2D eigenvalue weighted by Gasteiger charge is -2.32. The summed E-state index contributed by atoms with van der Waals surface area (Å²) in [5.74, 6) is -0.341. The number of benzene rings is 1. The number of piperazine rings is 1. The molecule has 0 radical (unpaired) electrons. The molecule has 160 valence electrons. The van der Waals surface area contributed by atoms with Crippen molar-refractivity contribution in [3.8, 4) is 22.3 Å². The van der Waals surface area contributed by atoms with Crippen molar-refractivity contribution in [1.29, 1.82) is 0 Å². The van der Waals surface area contributed by atoms with Crippen molar-refractivity contribution < 1.29 is 9.18 Å². The Kier molecular flexibility index (Phi) is 5.95. The molecule has 1 aromatic carbocycles. The van der Waals surface area contributed by atoms with Crippen LogP contribution in [0.2, 0.25) is 0 Å². The van der Waals surface area contributed by atoms with E-state index in [1.54, 1.807) is 35.5 Å². The van der Waals surface area contributed by atoms with Gasteiger partial charge in [0.05, 0.1) is 5.56 Å². The van der Waals surface area contributed by atoms with Crippen molar-refractivity contribution in [2.24, 2.45) is 0 Å². The summed E-state index contributed by atoms with van der Waals surface area (Å²) in [5.41, 5.74) is 10.0. The second-order valence-electron chi connectivity index (χ2n) is 7.80. The van der Waals surface area contributed by atoms with Gasteiger partial charge in [0.25, 0.3) is 5.91 Å². The zero-order chi connectivity index (χ0) is 22.0. The lowest BCUT2D eigenvalue weighted by molar-refractivity contribution is 0.0659. The molecule has 7 heteroatoms. The van der Waals surface area contributed by atoms with Crippen molar-refractivity contribution in [2.75, 3.05) is 39.0 Å². The van der Waals surface area contributed by atoms with Crippen LogP contribution in [-0.2, 0) is 6.42 Å². The van der Waals surface area contributed by atoms with Gasteiger partial charge in [-0.25, -0.2) is 9.37 Å². The van der Waals surface area contributed by atoms with Crippen LogP contribution in [0.15, 0.2) is 48.8 Å². The number of anilines is 1. The second kappa shape index (κ2) is 8.81. The van der Waals surface area contributed by atoms with Crippen LogP contribution in [0.3, 0.4) is 0 Å². The number of aromatic nitrogens is 2. The molecule has 0 spiro atoms. The molecule has 0 atom stereocenters. The Morgan fingerprint density at radius 2 is 1.81 bits per heavy atom. The molecule has 1 aliphatic rings. The summed E-state index contributed by atoms with van der Waals surface area (Å²) in [5, 5.41) is 0. The SMILES string of the molecule is CCc1nccc(-c2ccc(C(=O)N3CCN(C)CC3)c(F)c2)c1-c1ccc(N)nc1. The van der Waals surface area contributed by atoms with Crippen LogP contribution in [0.25, 0.3) is 22.3 Å². The number of pyridine rings is 2. The van der Waals surface area contributed by atoms with Gasteiger partial charge in [-0.2, -0.15) is 0 Å². The zero-order valence-corrected chi connectivity index (χ0v) is 17.8. The maximum absolute atomic E-state index is 15.1. The van der Waals surface area contributed by atoms with Gasteiger partial charge in [0.15, 0.2) is 0 Å². The maximum Gasteiger partial charge on any atom is 0.256 e. The van der Waals surface area contributed by atoms with E-state index >= 15 is 4.39 Å². The third-order valence-corrected chi connectivity index (χ3v) is 5.74. The molecule has 2 N–H and O–H groups in total. The lowest BCUT2D eigenvalue weighted by atomic mass is 9.93. The first-order chi connectivity index (χ1) is 15.0. The van der Waals surface area contributed by atoms with Crippen LogP contribution in [0, 0.1) is 5.82 Å². The first kappa shape index (κ1) is 20.9. The van der Waals surface area contributed by atoms with Gasteiger partial charge < -0.3 is 15.5 Å². The van der Waals surface area contributed by atoms with Crippen LogP contribution in [0.5, 0.6) is 0 Å². The molecule has 0 saturated carbocycles. The third kappa shape index (κ3) is 4.27. The molecular weight excluding hydrogens is 393 g/mol. The highest BCUT2D eigenvalue weighted by molar-refractivity contribution is 5.95. The summed E-state index contributed by atoms with van der Waals surface area (Å²) in [4.78, 5) is 25.4. The fourth-order valence-corrected chi connectivity index (χ4v) is 3.93. The number of hydrogen-bond acceptors (Lipinski definition) is 5. The summed E-state index contributed by atoms with van der Waals surface area (Å²) < 4.78 is 15.1. The topological polar surface area (TPSA) is 75.4 Å². The van der Waals surface area contributed by atoms with Gasteiger partial charge in [-0.3, -0.25) is 9.78 Å². The van der Waals surface area contributed by atoms with Gasteiger partial charge >= 0.3 is 0 Å². The third-order valence-electron chi connectivity index (χ3n) is 5.74. The maximum atomic E-state index is 15.1. The minimum Gasteiger partial charge on any atom is -0.384 e. The van der Waals surface area contributed by atoms with Crippen molar-refractivity contribution in [3.63, 3.8) is 0 Å². The fraction of sp³-hybridized carbons (Fsp3) is 0.292. The summed E-state index contributed by atoms with van der Waals surface area (Å²) >= 11 is 0. The van der Waals surface area contributed by atoms with E-state index in [4.69, 9.17) is 5.73 Å². The molecule has 4 rings (SSSR count). The molecule has 1 fully saturated rings. The van der Waals surface area contributed by atoms with E-state index in [-0.39, 0.29) is 11.5 Å². The number of halogens is 1. The van der Waals surface area contributed by atoms with Crippen LogP contribution >= 0.6 is 0 Å². The highest BCUT2D eigenvalue weighted by Crippen LogP contribution is 2.35. The largest absolute Gasteiger partial charge is 0.384 e. The van der Waals surface area contributed by atoms with Gasteiger partial charge in [-0.1, -0.05) is 13.0 Å². The van der Waals surface area contributed by atoms with Crippen LogP contribution in [0.1, 0.15) is 23.0 Å². The number of aryl methyl sites for hydroxylation is 1. The molecule has 0 aliphatic carbocycles. The molecular formula is C24H26FN5O. The molecule has 1 saturated heterocycles. The number of carbonyl (C=O) groups is 1. The Hall–Kier alpha value is -3.32. The van der Waals surface area contributed by atoms with E-state index in [2.05, 4.69) is 14.9 Å². The van der Waals surface area contributed by atoms with Crippen LogP contribution in [-0.4, -0.2) is 58.9 Å². The van der Waals surface area contributed by atoms with E-state index in [9.17, 15) is 4.79 Å². The molecule has 1 amide bonds. The first-order valence-electron chi connectivity index (χ1n) is 10.5. The van der Waals surface area contributed by atoms with E-state index in [1.165, 1.54) is 6.07 Å². The highest BCUT2D eigenvalue weighted by Gasteiger charge is 2.23. The smallest absolute Gasteiger partial charge is 0.256 e. The number of nitrogen functional groups attached to an aromatic ring is 1. The van der Waals surface area contributed by atoms with Crippen LogP contribution in [0.4, 0.5) is 10.2 Å². The van der Waals surface area contributed by atoms with E-state index in [1.807, 2.05) is 26.1 Å². The average molecular weight is 420 g/mol. The summed E-state index contributed by atoms with van der Waals surface area (Å²) in [6.07, 6.45) is 4.15. The van der Waals surface area contributed by atoms with Gasteiger partial charge in [0, 0.05) is 55.4 Å². The molecule has 3 aromatic rings. The van der Waals surface area contributed by atoms with Gasteiger partial charge in [0.1, 0.15) is 11.6 Å². The summed E-state index contributed by atoms with van der Waals surface area (Å²) in [7, 11) is 2.02. The molecule has 6 nitrogen and oxygen atoms in total. The molecule has 0 unspecified atom stereocenters. The Morgan fingerprint density at radius 3 is 2.45 bits per heavy atom. The number of hydrogen-bond donors (Lipinski definition) is 1. The van der Waals surface area contributed by atoms with Crippen molar-refractivity contribution in [2.45, 2.75) is 13.3 Å². The highest BCUT2D eigenvalue weighted by atomic mass is 19.1. The number of nitrogens with two attached hydrogens (primary N) is 1. The fourth-order valence-electron chi connectivity index (χ4n) is 3.93. The van der Waals surface area contributed by atoms with Crippen LogP contribution < -0.4 is 5.73 Å². The molecule has 1 aliphatic heterocycles. The Labute approximate surface area is 181 Å². The minimum absolute atomic E-state index is 0.105. The zero-order valence-electron chi connectivity index (χ0n) is 17.8. The standard InChI is InChI=1S/C24H26FN5O/c1-3-21-23(17-5-7-22(26)28-15-17)18(8-9-27-21)16-4-6-19(20(25)14-16)24(31)30-12-10-29(2)11-13-30/h4-9,14-15H,3,10-13H2,1-2H3,(H2,26,28). The van der Waals surface area contributed by atoms with Gasteiger partial charge in [0.2, 0.25) is 0 Å². The molecule has 3 heterocycles. The van der Waals surface area contributed by atoms with Gasteiger partial charge in [-0.05, 0) is 54.9 Å². The van der Waals surface area contributed by atoms with Crippen molar-refractivity contribution in [1.82, 2.24) is 19.8 Å². The number of rotatable bonds is 4. The predicted octanol–water partition coefficient (Wildman–Crippen LogP) is 3.48. The summed E-state index contributed by atoms with van der Waals surface area (Å²) in [6, 6.07) is 10.3. The summed E-state index contributed by atoms with van der Waals surface area (Å²) in [6.45, 7) is 4.82. The number of carbonyl (C=O) groups excluding carboxylic acids is 1. The van der Waals surface area contributed by atoms with Crippen molar-refractivity contribution >= 4 is 11.7 Å². The van der Waals surface area contributed by atoms with E-state index in [0.29, 0.717) is 24.5 Å². The predicted molar refractivity (Wildman–Crippen MR) is 120 cm³/mol. The number of nitrogens with zero attached hydrogens (tertiary/aromatic N) is 4. The monoisotopic (exact) mass is 419 g/mol. The average Bonchev–Trinajstić information content (AvgIpc) is 2.79. The van der Waals surface area contributed by atoms with E-state index in [0.717, 1.165) is 41.9 Å².